The number of rotatable bonds is 4. The van der Waals surface area contributed by atoms with Gasteiger partial charge in [-0.15, -0.1) is 0 Å². The van der Waals surface area contributed by atoms with Gasteiger partial charge in [-0.25, -0.2) is 0 Å². The second kappa shape index (κ2) is 6.09. The molecule has 0 aliphatic rings. The minimum absolute atomic E-state index is 0.498. The van der Waals surface area contributed by atoms with Gasteiger partial charge >= 0.3 is 0 Å². The van der Waals surface area contributed by atoms with Crippen LogP contribution in [0.2, 0.25) is 0 Å². The van der Waals surface area contributed by atoms with Crippen LogP contribution in [0.5, 0.6) is 0 Å². The maximum absolute atomic E-state index is 11.1. The number of hydrogen-bond acceptors (Lipinski definition) is 3. The Morgan fingerprint density at radius 1 is 1.00 bits per heavy atom. The molecule has 0 fully saturated rings. The Morgan fingerprint density at radius 2 is 1.56 bits per heavy atom. The third-order valence-corrected chi connectivity index (χ3v) is 2.82. The highest BCUT2D eigenvalue weighted by atomic mass is 32.2. The lowest BCUT2D eigenvalue weighted by molar-refractivity contribution is 0.533. The molecule has 1 unspecified atom stereocenters. The van der Waals surface area contributed by atoms with Crippen LogP contribution in [0, 0.1) is 0 Å². The molecule has 0 saturated carbocycles. The van der Waals surface area contributed by atoms with E-state index in [1.54, 1.807) is 24.3 Å². The molecule has 2 aromatic carbocycles. The quantitative estimate of drug-likeness (QED) is 0.480. The van der Waals surface area contributed by atoms with Crippen LogP contribution < -0.4 is 4.41 Å². The Balaban J connectivity index is 2.23. The fourth-order valence-electron chi connectivity index (χ4n) is 1.40. The van der Waals surface area contributed by atoms with E-state index in [1.165, 1.54) is 6.21 Å². The molecule has 18 heavy (non-hydrogen) atoms. The van der Waals surface area contributed by atoms with Crippen LogP contribution in [0.4, 0.5) is 5.69 Å². The Hall–Kier alpha value is -1.98. The summed E-state index contributed by atoms with van der Waals surface area (Å²) in [6.07, 6.45) is 1.50. The summed E-state index contributed by atoms with van der Waals surface area (Å²) in [6.45, 7) is 0. The molecule has 1 atom stereocenters. The first-order chi connectivity index (χ1) is 8.77. The van der Waals surface area contributed by atoms with Gasteiger partial charge in [-0.2, -0.15) is 9.52 Å². The Morgan fingerprint density at radius 3 is 2.11 bits per heavy atom. The zero-order valence-electron chi connectivity index (χ0n) is 9.47. The summed E-state index contributed by atoms with van der Waals surface area (Å²) in [5, 5.41) is 3.96. The lowest BCUT2D eigenvalue weighted by Crippen LogP contribution is -2.18. The predicted molar refractivity (Wildman–Crippen MR) is 71.9 cm³/mol. The third kappa shape index (κ3) is 3.26. The standard InChI is InChI=1S/C13H12N2O2S/c16-18(17)15(13-9-5-2-6-10-13)14-11-12-7-3-1-4-8-12/h1-11H,(H,16,17)/p-1. The third-order valence-electron chi connectivity index (χ3n) is 2.23. The molecule has 0 aromatic heterocycles. The number of nitrogens with zero attached hydrogens (tertiary/aromatic N) is 2. The summed E-state index contributed by atoms with van der Waals surface area (Å²) >= 11 is -2.44. The highest BCUT2D eigenvalue weighted by molar-refractivity contribution is 7.80. The Labute approximate surface area is 108 Å². The van der Waals surface area contributed by atoms with Gasteiger partial charge in [0.15, 0.2) is 0 Å². The summed E-state index contributed by atoms with van der Waals surface area (Å²) in [6, 6.07) is 18.0. The molecule has 0 aliphatic carbocycles. The van der Waals surface area contributed by atoms with Gasteiger partial charge in [0.1, 0.15) is 0 Å². The first-order valence-electron chi connectivity index (χ1n) is 5.31. The second-order valence-corrected chi connectivity index (χ2v) is 4.26. The van der Waals surface area contributed by atoms with E-state index < -0.39 is 11.3 Å². The summed E-state index contributed by atoms with van der Waals surface area (Å²) in [5.74, 6) is 0. The zero-order valence-corrected chi connectivity index (χ0v) is 10.3. The minimum Gasteiger partial charge on any atom is -0.754 e. The minimum atomic E-state index is -2.44. The molecule has 5 heteroatoms. The second-order valence-electron chi connectivity index (χ2n) is 3.48. The average Bonchev–Trinajstić information content (AvgIpc) is 2.41. The molecule has 0 radical (unpaired) electrons. The van der Waals surface area contributed by atoms with Crippen LogP contribution in [-0.2, 0) is 11.3 Å². The molecule has 0 aliphatic heterocycles. The van der Waals surface area contributed by atoms with Crippen LogP contribution in [0.3, 0.4) is 0 Å². The highest BCUT2D eigenvalue weighted by Crippen LogP contribution is 2.14. The number of anilines is 1. The van der Waals surface area contributed by atoms with Crippen molar-refractivity contribution in [3.63, 3.8) is 0 Å². The lowest BCUT2D eigenvalue weighted by Gasteiger charge is -2.20. The Bertz CT molecular complexity index is 543. The van der Waals surface area contributed by atoms with Crippen LogP contribution in [0.15, 0.2) is 65.8 Å². The molecule has 92 valence electrons. The normalized spacial score (nSPS) is 12.5. The summed E-state index contributed by atoms with van der Waals surface area (Å²) in [7, 11) is 0. The fourth-order valence-corrected chi connectivity index (χ4v) is 1.82. The molecule has 4 nitrogen and oxygen atoms in total. The van der Waals surface area contributed by atoms with E-state index in [1.807, 2.05) is 36.4 Å². The van der Waals surface area contributed by atoms with E-state index in [0.717, 1.165) is 9.98 Å². The maximum atomic E-state index is 11.1. The number of para-hydroxylation sites is 1. The van der Waals surface area contributed by atoms with Gasteiger partial charge in [0.05, 0.1) is 23.2 Å². The molecule has 0 spiro atoms. The molecule has 0 bridgehead atoms. The van der Waals surface area contributed by atoms with Crippen LogP contribution in [-0.4, -0.2) is 15.0 Å². The van der Waals surface area contributed by atoms with Crippen molar-refractivity contribution in [3.8, 4) is 0 Å². The number of hydrogen-bond donors (Lipinski definition) is 0. The fraction of sp³-hybridized carbons (Fsp3) is 0. The smallest absolute Gasteiger partial charge is 0.0738 e. The molecule has 0 N–H and O–H groups in total. The topological polar surface area (TPSA) is 55.7 Å². The van der Waals surface area contributed by atoms with E-state index in [9.17, 15) is 8.76 Å². The first kappa shape index (κ1) is 12.5. The molecule has 0 amide bonds. The van der Waals surface area contributed by atoms with Crippen LogP contribution in [0.1, 0.15) is 5.56 Å². The molecule has 0 saturated heterocycles. The molecular formula is C13H11N2O2S-. The van der Waals surface area contributed by atoms with E-state index in [4.69, 9.17) is 0 Å². The van der Waals surface area contributed by atoms with Crippen molar-refractivity contribution in [1.29, 1.82) is 0 Å². The van der Waals surface area contributed by atoms with E-state index >= 15 is 0 Å². The van der Waals surface area contributed by atoms with E-state index in [2.05, 4.69) is 5.10 Å². The monoisotopic (exact) mass is 259 g/mol. The summed E-state index contributed by atoms with van der Waals surface area (Å²) in [4.78, 5) is 0. The van der Waals surface area contributed by atoms with Crippen molar-refractivity contribution in [2.24, 2.45) is 5.10 Å². The lowest BCUT2D eigenvalue weighted by atomic mass is 10.2. The van der Waals surface area contributed by atoms with Gasteiger partial charge in [0, 0.05) is 0 Å². The largest absolute Gasteiger partial charge is 0.754 e. The first-order valence-corrected chi connectivity index (χ1v) is 6.34. The number of benzene rings is 2. The van der Waals surface area contributed by atoms with Crippen LogP contribution >= 0.6 is 0 Å². The van der Waals surface area contributed by atoms with Crippen molar-refractivity contribution < 1.29 is 8.76 Å². The van der Waals surface area contributed by atoms with Crippen molar-refractivity contribution in [3.05, 3.63) is 66.2 Å². The molecule has 2 aromatic rings. The van der Waals surface area contributed by atoms with Gasteiger partial charge in [0.2, 0.25) is 0 Å². The van der Waals surface area contributed by atoms with Crippen molar-refractivity contribution >= 4 is 23.2 Å². The maximum Gasteiger partial charge on any atom is 0.0738 e. The molecule has 0 heterocycles. The number of hydrazone groups is 1. The predicted octanol–water partition coefficient (Wildman–Crippen LogP) is 2.32. The highest BCUT2D eigenvalue weighted by Gasteiger charge is 2.03. The van der Waals surface area contributed by atoms with Gasteiger partial charge < -0.3 is 4.55 Å². The summed E-state index contributed by atoms with van der Waals surface area (Å²) in [5.41, 5.74) is 1.34. The average molecular weight is 259 g/mol. The van der Waals surface area contributed by atoms with Gasteiger partial charge in [0.25, 0.3) is 0 Å². The van der Waals surface area contributed by atoms with E-state index in [-0.39, 0.29) is 0 Å². The van der Waals surface area contributed by atoms with E-state index in [0.29, 0.717) is 5.69 Å². The van der Waals surface area contributed by atoms with Gasteiger partial charge in [-0.1, -0.05) is 48.5 Å². The molecular weight excluding hydrogens is 248 g/mol. The van der Waals surface area contributed by atoms with Gasteiger partial charge in [-0.05, 0) is 17.7 Å². The van der Waals surface area contributed by atoms with Crippen molar-refractivity contribution in [2.75, 3.05) is 4.41 Å². The Kier molecular flexibility index (Phi) is 4.22. The zero-order chi connectivity index (χ0) is 12.8. The summed E-state index contributed by atoms with van der Waals surface area (Å²) < 4.78 is 23.2. The van der Waals surface area contributed by atoms with Crippen molar-refractivity contribution in [2.45, 2.75) is 0 Å². The SMILES string of the molecule is O=S([O-])N(N=Cc1ccccc1)c1ccccc1. The van der Waals surface area contributed by atoms with Gasteiger partial charge in [-0.3, -0.25) is 4.21 Å². The molecule has 2 rings (SSSR count). The van der Waals surface area contributed by atoms with Crippen LogP contribution in [0.25, 0.3) is 0 Å². The van der Waals surface area contributed by atoms with Crippen molar-refractivity contribution in [1.82, 2.24) is 0 Å².